The Morgan fingerprint density at radius 3 is 2.29 bits per heavy atom. The minimum Gasteiger partial charge on any atom is -0.487 e. The van der Waals surface area contributed by atoms with Gasteiger partial charge >= 0.3 is 0 Å². The highest BCUT2D eigenvalue weighted by Gasteiger charge is 2.13. The molecule has 2 aromatic rings. The van der Waals surface area contributed by atoms with Crippen LogP contribution in [-0.2, 0) is 18.6 Å². The maximum atomic E-state index is 9.33. The molecule has 21 heavy (non-hydrogen) atoms. The third kappa shape index (κ3) is 3.99. The van der Waals surface area contributed by atoms with Crippen molar-refractivity contribution >= 4 is 11.6 Å². The van der Waals surface area contributed by atoms with E-state index in [0.717, 1.165) is 5.56 Å². The number of rotatable bonds is 4. The van der Waals surface area contributed by atoms with Gasteiger partial charge in [-0.3, -0.25) is 0 Å². The lowest BCUT2D eigenvalue weighted by atomic mass is 9.87. The summed E-state index contributed by atoms with van der Waals surface area (Å²) in [6, 6.07) is 13.8. The number of benzene rings is 2. The van der Waals surface area contributed by atoms with Gasteiger partial charge in [-0.15, -0.1) is 0 Å². The van der Waals surface area contributed by atoms with E-state index in [1.54, 1.807) is 12.1 Å². The minimum absolute atomic E-state index is 0.0845. The van der Waals surface area contributed by atoms with Crippen LogP contribution in [0.1, 0.15) is 37.5 Å². The van der Waals surface area contributed by atoms with Crippen LogP contribution in [0.3, 0.4) is 0 Å². The Morgan fingerprint density at radius 1 is 1.05 bits per heavy atom. The molecule has 112 valence electrons. The van der Waals surface area contributed by atoms with Crippen molar-refractivity contribution < 1.29 is 9.84 Å². The molecule has 0 heterocycles. The average Bonchev–Trinajstić information content (AvgIpc) is 2.45. The van der Waals surface area contributed by atoms with Gasteiger partial charge in [0.2, 0.25) is 0 Å². The Hall–Kier alpha value is -1.51. The number of ether oxygens (including phenoxy) is 1. The molecule has 0 fully saturated rings. The van der Waals surface area contributed by atoms with Gasteiger partial charge in [0.1, 0.15) is 12.4 Å². The van der Waals surface area contributed by atoms with Crippen LogP contribution in [0.15, 0.2) is 42.5 Å². The number of hydrogen-bond donors (Lipinski definition) is 1. The van der Waals surface area contributed by atoms with Crippen molar-refractivity contribution in [2.24, 2.45) is 0 Å². The van der Waals surface area contributed by atoms with E-state index in [9.17, 15) is 5.11 Å². The van der Waals surface area contributed by atoms with E-state index in [1.807, 2.05) is 6.07 Å². The summed E-state index contributed by atoms with van der Waals surface area (Å²) in [7, 11) is 0. The summed E-state index contributed by atoms with van der Waals surface area (Å²) >= 11 is 6.12. The van der Waals surface area contributed by atoms with E-state index in [2.05, 4.69) is 45.0 Å². The van der Waals surface area contributed by atoms with Crippen molar-refractivity contribution in [2.45, 2.75) is 39.4 Å². The zero-order valence-corrected chi connectivity index (χ0v) is 13.4. The van der Waals surface area contributed by atoms with Crippen LogP contribution in [0.4, 0.5) is 0 Å². The fraction of sp³-hybridized carbons (Fsp3) is 0.333. The zero-order chi connectivity index (χ0) is 15.5. The average molecular weight is 305 g/mol. The molecule has 0 aliphatic carbocycles. The van der Waals surface area contributed by atoms with Crippen molar-refractivity contribution in [2.75, 3.05) is 0 Å². The lowest BCUT2D eigenvalue weighted by Gasteiger charge is -2.19. The Bertz CT molecular complexity index is 598. The van der Waals surface area contributed by atoms with E-state index in [0.29, 0.717) is 22.9 Å². The molecule has 0 aromatic heterocycles. The summed E-state index contributed by atoms with van der Waals surface area (Å²) in [5.41, 5.74) is 3.22. The third-order valence-electron chi connectivity index (χ3n) is 3.42. The highest BCUT2D eigenvalue weighted by molar-refractivity contribution is 6.32. The van der Waals surface area contributed by atoms with Crippen LogP contribution in [-0.4, -0.2) is 5.11 Å². The molecule has 2 aromatic carbocycles. The monoisotopic (exact) mass is 304 g/mol. The first kappa shape index (κ1) is 15.9. The summed E-state index contributed by atoms with van der Waals surface area (Å²) in [6.45, 7) is 6.92. The molecular formula is C18H21ClO2. The van der Waals surface area contributed by atoms with Crippen LogP contribution in [0.2, 0.25) is 5.02 Å². The van der Waals surface area contributed by atoms with Gasteiger partial charge < -0.3 is 9.84 Å². The van der Waals surface area contributed by atoms with E-state index in [4.69, 9.17) is 16.3 Å². The molecule has 0 saturated carbocycles. The first-order valence-corrected chi connectivity index (χ1v) is 7.40. The molecule has 0 amide bonds. The molecule has 0 aliphatic heterocycles. The van der Waals surface area contributed by atoms with Gasteiger partial charge in [0.05, 0.1) is 11.6 Å². The summed E-state index contributed by atoms with van der Waals surface area (Å²) < 4.78 is 5.78. The zero-order valence-electron chi connectivity index (χ0n) is 12.7. The number of aliphatic hydroxyl groups is 1. The summed E-state index contributed by atoms with van der Waals surface area (Å²) in [4.78, 5) is 0. The first-order chi connectivity index (χ1) is 9.91. The summed E-state index contributed by atoms with van der Waals surface area (Å²) in [5.74, 6) is 0.557. The van der Waals surface area contributed by atoms with Crippen molar-refractivity contribution in [1.82, 2.24) is 0 Å². The van der Waals surface area contributed by atoms with Crippen LogP contribution in [0.25, 0.3) is 0 Å². The minimum atomic E-state index is -0.0845. The van der Waals surface area contributed by atoms with E-state index >= 15 is 0 Å². The highest BCUT2D eigenvalue weighted by Crippen LogP contribution is 2.29. The molecule has 0 aliphatic rings. The first-order valence-electron chi connectivity index (χ1n) is 7.02. The SMILES string of the molecule is CC(C)(C)c1ccc(COc2c(Cl)cccc2CO)cc1. The maximum Gasteiger partial charge on any atom is 0.143 e. The fourth-order valence-corrected chi connectivity index (χ4v) is 2.34. The van der Waals surface area contributed by atoms with Crippen molar-refractivity contribution in [3.8, 4) is 5.75 Å². The molecule has 0 bridgehead atoms. The Kier molecular flexibility index (Phi) is 4.92. The van der Waals surface area contributed by atoms with Crippen LogP contribution >= 0.6 is 11.6 Å². The quantitative estimate of drug-likeness (QED) is 0.886. The van der Waals surface area contributed by atoms with Crippen molar-refractivity contribution in [1.29, 1.82) is 0 Å². The fourth-order valence-electron chi connectivity index (χ4n) is 2.10. The molecule has 3 heteroatoms. The van der Waals surface area contributed by atoms with Gasteiger partial charge in [-0.2, -0.15) is 0 Å². The lowest BCUT2D eigenvalue weighted by molar-refractivity contribution is 0.259. The molecule has 0 saturated heterocycles. The van der Waals surface area contributed by atoms with Gasteiger partial charge in [-0.05, 0) is 22.6 Å². The van der Waals surface area contributed by atoms with Crippen molar-refractivity contribution in [3.63, 3.8) is 0 Å². The van der Waals surface area contributed by atoms with Gasteiger partial charge in [0, 0.05) is 5.56 Å². The second-order valence-corrected chi connectivity index (χ2v) is 6.53. The number of para-hydroxylation sites is 1. The van der Waals surface area contributed by atoms with Crippen LogP contribution < -0.4 is 4.74 Å². The molecule has 1 N–H and O–H groups in total. The molecular weight excluding hydrogens is 284 g/mol. The summed E-state index contributed by atoms with van der Waals surface area (Å²) in [5, 5.41) is 9.85. The van der Waals surface area contributed by atoms with Crippen LogP contribution in [0, 0.1) is 0 Å². The Labute approximate surface area is 131 Å². The topological polar surface area (TPSA) is 29.5 Å². The number of hydrogen-bond acceptors (Lipinski definition) is 2. The van der Waals surface area contributed by atoms with Crippen LogP contribution in [0.5, 0.6) is 5.75 Å². The number of aliphatic hydroxyl groups excluding tert-OH is 1. The summed E-state index contributed by atoms with van der Waals surface area (Å²) in [6.07, 6.45) is 0. The highest BCUT2D eigenvalue weighted by atomic mass is 35.5. The predicted octanol–water partition coefficient (Wildman–Crippen LogP) is 4.71. The Morgan fingerprint density at radius 2 is 1.71 bits per heavy atom. The largest absolute Gasteiger partial charge is 0.487 e. The third-order valence-corrected chi connectivity index (χ3v) is 3.72. The van der Waals surface area contributed by atoms with Gasteiger partial charge in [-0.1, -0.05) is 68.8 Å². The van der Waals surface area contributed by atoms with Gasteiger partial charge in [0.15, 0.2) is 0 Å². The number of halogens is 1. The predicted molar refractivity (Wildman–Crippen MR) is 86.8 cm³/mol. The van der Waals surface area contributed by atoms with E-state index < -0.39 is 0 Å². The molecule has 0 atom stereocenters. The maximum absolute atomic E-state index is 9.33. The molecule has 0 radical (unpaired) electrons. The second kappa shape index (κ2) is 6.50. The normalized spacial score (nSPS) is 11.5. The molecule has 2 nitrogen and oxygen atoms in total. The molecule has 0 spiro atoms. The van der Waals surface area contributed by atoms with E-state index in [1.165, 1.54) is 5.56 Å². The Balaban J connectivity index is 2.10. The molecule has 2 rings (SSSR count). The standard InChI is InChI=1S/C18H21ClO2/c1-18(2,3)15-9-7-13(8-10-15)12-21-17-14(11-20)5-4-6-16(17)19/h4-10,20H,11-12H2,1-3H3. The van der Waals surface area contributed by atoms with Gasteiger partial charge in [-0.25, -0.2) is 0 Å². The van der Waals surface area contributed by atoms with Gasteiger partial charge in [0.25, 0.3) is 0 Å². The van der Waals surface area contributed by atoms with Crippen molar-refractivity contribution in [3.05, 3.63) is 64.2 Å². The second-order valence-electron chi connectivity index (χ2n) is 6.12. The lowest BCUT2D eigenvalue weighted by Crippen LogP contribution is -2.10. The molecule has 0 unspecified atom stereocenters. The van der Waals surface area contributed by atoms with E-state index in [-0.39, 0.29) is 12.0 Å². The smallest absolute Gasteiger partial charge is 0.143 e.